The number of hydrogen-bond acceptors (Lipinski definition) is 5. The minimum atomic E-state index is -0.484. The second-order valence-corrected chi connectivity index (χ2v) is 6.29. The van der Waals surface area contributed by atoms with Crippen LogP contribution in [0.5, 0.6) is 0 Å². The van der Waals surface area contributed by atoms with E-state index in [2.05, 4.69) is 15.3 Å². The molecule has 0 aliphatic carbocycles. The van der Waals surface area contributed by atoms with Crippen molar-refractivity contribution in [2.75, 3.05) is 5.75 Å². The van der Waals surface area contributed by atoms with Crippen molar-refractivity contribution in [2.24, 2.45) is 10.7 Å². The number of nitrogens with zero attached hydrogens (tertiary/aromatic N) is 2. The summed E-state index contributed by atoms with van der Waals surface area (Å²) < 4.78 is 0. The number of carbonyl (C=O) groups is 2. The van der Waals surface area contributed by atoms with E-state index in [-0.39, 0.29) is 5.91 Å². The van der Waals surface area contributed by atoms with Gasteiger partial charge in [-0.15, -0.1) is 11.8 Å². The number of thioether (sulfide) groups is 1. The predicted octanol–water partition coefficient (Wildman–Crippen LogP) is 1.36. The maximum atomic E-state index is 12.3. The molecule has 2 amide bonds. The van der Waals surface area contributed by atoms with Crippen molar-refractivity contribution in [3.05, 3.63) is 65.5 Å². The van der Waals surface area contributed by atoms with Crippen LogP contribution in [0.4, 0.5) is 0 Å². The predicted molar refractivity (Wildman–Crippen MR) is 93.8 cm³/mol. The molecule has 1 atom stereocenters. The molecule has 6 nitrogen and oxygen atoms in total. The molecule has 0 spiro atoms. The fourth-order valence-electron chi connectivity index (χ4n) is 2.30. The molecule has 1 aliphatic rings. The molecule has 0 saturated carbocycles. The number of primary amides is 1. The van der Waals surface area contributed by atoms with Crippen molar-refractivity contribution in [3.8, 4) is 0 Å². The zero-order valence-corrected chi connectivity index (χ0v) is 13.6. The van der Waals surface area contributed by atoms with E-state index in [1.54, 1.807) is 42.4 Å². The first-order chi connectivity index (χ1) is 11.6. The van der Waals surface area contributed by atoms with Gasteiger partial charge in [-0.1, -0.05) is 12.1 Å². The second kappa shape index (κ2) is 7.27. The Kier molecular flexibility index (Phi) is 4.90. The fraction of sp³-hybridized carbons (Fsp3) is 0.176. The van der Waals surface area contributed by atoms with Gasteiger partial charge in [-0.2, -0.15) is 0 Å². The largest absolute Gasteiger partial charge is 0.366 e. The zero-order valence-electron chi connectivity index (χ0n) is 12.8. The number of carbonyl (C=O) groups excluding carboxylic acids is 2. The Balaban J connectivity index is 1.61. The third kappa shape index (κ3) is 3.80. The van der Waals surface area contributed by atoms with Crippen LogP contribution in [-0.2, 0) is 11.3 Å². The zero-order chi connectivity index (χ0) is 16.9. The number of rotatable bonds is 5. The van der Waals surface area contributed by atoms with Crippen molar-refractivity contribution < 1.29 is 9.59 Å². The number of aromatic nitrogens is 1. The van der Waals surface area contributed by atoms with Crippen molar-refractivity contribution in [1.82, 2.24) is 10.3 Å². The summed E-state index contributed by atoms with van der Waals surface area (Å²) in [5.74, 6) is 0.00292. The molecule has 0 fully saturated rings. The van der Waals surface area contributed by atoms with Gasteiger partial charge in [-0.05, 0) is 29.8 Å². The first kappa shape index (κ1) is 16.2. The van der Waals surface area contributed by atoms with Crippen LogP contribution in [0.1, 0.15) is 21.5 Å². The molecule has 1 aliphatic heterocycles. The van der Waals surface area contributed by atoms with Gasteiger partial charge in [0.05, 0.1) is 5.04 Å². The summed E-state index contributed by atoms with van der Waals surface area (Å²) in [5.41, 5.74) is 7.48. The van der Waals surface area contributed by atoms with Gasteiger partial charge in [0, 0.05) is 35.8 Å². The number of benzene rings is 1. The van der Waals surface area contributed by atoms with Crippen molar-refractivity contribution >= 4 is 28.6 Å². The Morgan fingerprint density at radius 1 is 1.25 bits per heavy atom. The van der Waals surface area contributed by atoms with E-state index in [0.717, 1.165) is 16.2 Å². The number of amides is 2. The van der Waals surface area contributed by atoms with Crippen LogP contribution in [0, 0.1) is 0 Å². The van der Waals surface area contributed by atoms with Crippen molar-refractivity contribution in [3.63, 3.8) is 0 Å². The molecule has 0 bridgehead atoms. The molecule has 3 rings (SSSR count). The van der Waals surface area contributed by atoms with E-state index in [1.165, 1.54) is 0 Å². The lowest BCUT2D eigenvalue weighted by atomic mass is 10.1. The Bertz CT molecular complexity index is 792. The van der Waals surface area contributed by atoms with Crippen LogP contribution in [0.25, 0.3) is 0 Å². The summed E-state index contributed by atoms with van der Waals surface area (Å²) in [7, 11) is 0. The SMILES string of the molecule is NC(=O)c1cccc(CNC(=O)C2CSC(c3ccncc3)=N2)c1. The average molecular weight is 340 g/mol. The Morgan fingerprint density at radius 2 is 2.04 bits per heavy atom. The van der Waals surface area contributed by atoms with Crippen molar-refractivity contribution in [1.29, 1.82) is 0 Å². The minimum absolute atomic E-state index is 0.129. The van der Waals surface area contributed by atoms with Gasteiger partial charge in [0.1, 0.15) is 6.04 Å². The molecule has 7 heteroatoms. The lowest BCUT2D eigenvalue weighted by Crippen LogP contribution is -2.33. The topological polar surface area (TPSA) is 97.4 Å². The van der Waals surface area contributed by atoms with E-state index in [1.807, 2.05) is 18.2 Å². The minimum Gasteiger partial charge on any atom is -0.366 e. The highest BCUT2D eigenvalue weighted by molar-refractivity contribution is 8.14. The molecule has 0 radical (unpaired) electrons. The van der Waals surface area contributed by atoms with Gasteiger partial charge < -0.3 is 11.1 Å². The van der Waals surface area contributed by atoms with Crippen LogP contribution in [0.3, 0.4) is 0 Å². The van der Waals surface area contributed by atoms with Crippen LogP contribution in [0.2, 0.25) is 0 Å². The number of aliphatic imine (C=N–C) groups is 1. The average Bonchev–Trinajstić information content (AvgIpc) is 3.11. The molecule has 3 N–H and O–H groups in total. The number of hydrogen-bond donors (Lipinski definition) is 2. The van der Waals surface area contributed by atoms with E-state index >= 15 is 0 Å². The molecule has 1 aromatic carbocycles. The van der Waals surface area contributed by atoms with Crippen LogP contribution >= 0.6 is 11.8 Å². The lowest BCUT2D eigenvalue weighted by molar-refractivity contribution is -0.121. The third-order valence-electron chi connectivity index (χ3n) is 3.56. The highest BCUT2D eigenvalue weighted by Crippen LogP contribution is 2.23. The Morgan fingerprint density at radius 3 is 2.79 bits per heavy atom. The van der Waals surface area contributed by atoms with Gasteiger partial charge >= 0.3 is 0 Å². The molecular weight excluding hydrogens is 324 g/mol. The van der Waals surface area contributed by atoms with Gasteiger partial charge in [0.25, 0.3) is 0 Å². The molecule has 24 heavy (non-hydrogen) atoms. The summed E-state index contributed by atoms with van der Waals surface area (Å²) in [4.78, 5) is 31.9. The lowest BCUT2D eigenvalue weighted by Gasteiger charge is -2.08. The Labute approximate surface area is 143 Å². The summed E-state index contributed by atoms with van der Waals surface area (Å²) in [6.07, 6.45) is 3.41. The highest BCUT2D eigenvalue weighted by atomic mass is 32.2. The van der Waals surface area contributed by atoms with E-state index in [0.29, 0.717) is 17.9 Å². The van der Waals surface area contributed by atoms with Gasteiger partial charge in [0.2, 0.25) is 11.8 Å². The first-order valence-corrected chi connectivity index (χ1v) is 8.39. The molecule has 2 heterocycles. The molecule has 1 aromatic heterocycles. The first-order valence-electron chi connectivity index (χ1n) is 7.41. The van der Waals surface area contributed by atoms with Crippen LogP contribution in [0.15, 0.2) is 53.8 Å². The van der Waals surface area contributed by atoms with E-state index < -0.39 is 11.9 Å². The Hall–Kier alpha value is -2.67. The standard InChI is InChI=1S/C17H16N4O2S/c18-15(22)13-3-1-2-11(8-13)9-20-16(23)14-10-24-17(21-14)12-4-6-19-7-5-12/h1-8,14H,9-10H2,(H2,18,22)(H,20,23). The van der Waals surface area contributed by atoms with Gasteiger partial charge in [0.15, 0.2) is 0 Å². The molecular formula is C17H16N4O2S. The summed E-state index contributed by atoms with van der Waals surface area (Å²) in [6, 6.07) is 10.2. The number of nitrogens with one attached hydrogen (secondary N) is 1. The highest BCUT2D eigenvalue weighted by Gasteiger charge is 2.25. The van der Waals surface area contributed by atoms with Crippen LogP contribution < -0.4 is 11.1 Å². The molecule has 122 valence electrons. The molecule has 1 unspecified atom stereocenters. The summed E-state index contributed by atoms with van der Waals surface area (Å²) in [6.45, 7) is 0.335. The molecule has 2 aromatic rings. The van der Waals surface area contributed by atoms with Gasteiger partial charge in [-0.25, -0.2) is 0 Å². The van der Waals surface area contributed by atoms with Crippen LogP contribution in [-0.4, -0.2) is 33.6 Å². The fourth-order valence-corrected chi connectivity index (χ4v) is 3.35. The monoisotopic (exact) mass is 340 g/mol. The maximum absolute atomic E-state index is 12.3. The van der Waals surface area contributed by atoms with E-state index in [4.69, 9.17) is 5.73 Å². The third-order valence-corrected chi connectivity index (χ3v) is 4.66. The second-order valence-electron chi connectivity index (χ2n) is 5.28. The van der Waals surface area contributed by atoms with Gasteiger partial charge in [-0.3, -0.25) is 19.6 Å². The number of nitrogens with two attached hydrogens (primary N) is 1. The molecule has 0 saturated heterocycles. The van der Waals surface area contributed by atoms with E-state index in [9.17, 15) is 9.59 Å². The summed E-state index contributed by atoms with van der Waals surface area (Å²) >= 11 is 1.56. The summed E-state index contributed by atoms with van der Waals surface area (Å²) in [5, 5.41) is 3.71. The number of pyridine rings is 1. The van der Waals surface area contributed by atoms with Crippen molar-refractivity contribution in [2.45, 2.75) is 12.6 Å². The smallest absolute Gasteiger partial charge is 0.248 e. The maximum Gasteiger partial charge on any atom is 0.248 e. The quantitative estimate of drug-likeness (QED) is 0.859. The normalized spacial score (nSPS) is 16.5.